The van der Waals surface area contributed by atoms with Gasteiger partial charge in [0.1, 0.15) is 6.33 Å². The van der Waals surface area contributed by atoms with E-state index in [1.54, 1.807) is 6.33 Å². The highest BCUT2D eigenvalue weighted by Crippen LogP contribution is 2.43. The van der Waals surface area contributed by atoms with Crippen LogP contribution >= 0.6 is 11.6 Å². The van der Waals surface area contributed by atoms with E-state index in [0.717, 1.165) is 56.3 Å². The normalized spacial score (nSPS) is 11.3. The molecule has 35 heavy (non-hydrogen) atoms. The van der Waals surface area contributed by atoms with Crippen LogP contribution in [0.25, 0.3) is 44.9 Å². The first-order chi connectivity index (χ1) is 17.1. The van der Waals surface area contributed by atoms with E-state index in [1.165, 1.54) is 0 Å². The molecule has 6 rings (SSSR count). The highest BCUT2D eigenvalue weighted by atomic mass is 35.5. The Balaban J connectivity index is 1.83. The van der Waals surface area contributed by atoms with Crippen molar-refractivity contribution in [2.24, 2.45) is 0 Å². The Hall–Kier alpha value is -4.22. The van der Waals surface area contributed by atoms with Gasteiger partial charge >= 0.3 is 0 Å². The SMILES string of the molecule is Cc1cc(C)n(-c2ncnc3c2c(-c2ccccc2)c(-c2ccccc2)n3-c2ccc(Cl)cc2)n1. The molecular formula is C29H22ClN5. The molecule has 0 fully saturated rings. The lowest BCUT2D eigenvalue weighted by molar-refractivity contribution is 0.809. The van der Waals surface area contributed by atoms with Crippen LogP contribution in [0.1, 0.15) is 11.4 Å². The maximum Gasteiger partial charge on any atom is 0.167 e. The number of aromatic nitrogens is 5. The molecule has 6 heteroatoms. The van der Waals surface area contributed by atoms with Crippen molar-refractivity contribution in [1.82, 2.24) is 24.3 Å². The van der Waals surface area contributed by atoms with Crippen molar-refractivity contribution in [3.8, 4) is 33.9 Å². The molecular weight excluding hydrogens is 454 g/mol. The van der Waals surface area contributed by atoms with Crippen molar-refractivity contribution in [3.63, 3.8) is 0 Å². The number of fused-ring (bicyclic) bond motifs is 1. The van der Waals surface area contributed by atoms with Gasteiger partial charge in [0, 0.05) is 22.0 Å². The summed E-state index contributed by atoms with van der Waals surface area (Å²) in [5, 5.41) is 6.39. The zero-order valence-corrected chi connectivity index (χ0v) is 20.1. The number of nitrogens with zero attached hydrogens (tertiary/aromatic N) is 5. The lowest BCUT2D eigenvalue weighted by Gasteiger charge is -2.13. The molecule has 5 nitrogen and oxygen atoms in total. The second-order valence-corrected chi connectivity index (χ2v) is 8.94. The van der Waals surface area contributed by atoms with Crippen molar-refractivity contribution in [3.05, 3.63) is 114 Å². The van der Waals surface area contributed by atoms with Gasteiger partial charge in [-0.1, -0.05) is 72.3 Å². The van der Waals surface area contributed by atoms with Crippen LogP contribution in [0.5, 0.6) is 0 Å². The molecule has 0 amide bonds. The predicted molar refractivity (Wildman–Crippen MR) is 141 cm³/mol. The Morgan fingerprint density at radius 3 is 2.03 bits per heavy atom. The minimum Gasteiger partial charge on any atom is -0.293 e. The standard InChI is InChI=1S/C29H22ClN5/c1-19-17-20(2)35(33-19)29-26-25(21-9-5-3-6-10-21)27(22-11-7-4-8-12-22)34(28(26)31-18-32-29)24-15-13-23(30)14-16-24/h3-18H,1-2H3. The fourth-order valence-electron chi connectivity index (χ4n) is 4.70. The van der Waals surface area contributed by atoms with E-state index in [2.05, 4.69) is 59.2 Å². The van der Waals surface area contributed by atoms with Crippen LogP contribution in [0.15, 0.2) is 97.3 Å². The molecule has 0 bridgehead atoms. The van der Waals surface area contributed by atoms with Crippen LogP contribution < -0.4 is 0 Å². The Morgan fingerprint density at radius 1 is 0.743 bits per heavy atom. The Bertz CT molecular complexity index is 1650. The molecule has 170 valence electrons. The second-order valence-electron chi connectivity index (χ2n) is 8.50. The minimum atomic E-state index is 0.688. The highest BCUT2D eigenvalue weighted by molar-refractivity contribution is 6.30. The summed E-state index contributed by atoms with van der Waals surface area (Å²) in [5.41, 5.74) is 8.00. The van der Waals surface area contributed by atoms with Crippen LogP contribution in [0, 0.1) is 13.8 Å². The average Bonchev–Trinajstić information content (AvgIpc) is 3.42. The predicted octanol–water partition coefficient (Wildman–Crippen LogP) is 7.21. The van der Waals surface area contributed by atoms with Crippen molar-refractivity contribution < 1.29 is 0 Å². The van der Waals surface area contributed by atoms with Crippen LogP contribution in [0.2, 0.25) is 5.02 Å². The average molecular weight is 476 g/mol. The number of halogens is 1. The second kappa shape index (κ2) is 8.53. The number of rotatable bonds is 4. The summed E-state index contributed by atoms with van der Waals surface area (Å²) in [6.07, 6.45) is 1.62. The van der Waals surface area contributed by atoms with Crippen LogP contribution in [-0.2, 0) is 0 Å². The summed E-state index contributed by atoms with van der Waals surface area (Å²) in [6.45, 7) is 4.04. The van der Waals surface area contributed by atoms with Gasteiger partial charge in [0.25, 0.3) is 0 Å². The van der Waals surface area contributed by atoms with Gasteiger partial charge in [-0.15, -0.1) is 0 Å². The molecule has 6 aromatic rings. The monoisotopic (exact) mass is 475 g/mol. The van der Waals surface area contributed by atoms with Gasteiger partial charge in [-0.25, -0.2) is 14.6 Å². The molecule has 0 unspecified atom stereocenters. The first kappa shape index (κ1) is 21.3. The zero-order chi connectivity index (χ0) is 23.9. The van der Waals surface area contributed by atoms with E-state index in [-0.39, 0.29) is 0 Å². The van der Waals surface area contributed by atoms with Crippen molar-refractivity contribution >= 4 is 22.6 Å². The highest BCUT2D eigenvalue weighted by Gasteiger charge is 2.26. The smallest absolute Gasteiger partial charge is 0.167 e. The quantitative estimate of drug-likeness (QED) is 0.270. The minimum absolute atomic E-state index is 0.688. The molecule has 3 heterocycles. The lowest BCUT2D eigenvalue weighted by atomic mass is 9.99. The van der Waals surface area contributed by atoms with Crippen molar-refractivity contribution in [1.29, 1.82) is 0 Å². The third kappa shape index (κ3) is 3.61. The molecule has 0 saturated heterocycles. The van der Waals surface area contributed by atoms with Crippen LogP contribution in [-0.4, -0.2) is 24.3 Å². The van der Waals surface area contributed by atoms with Crippen molar-refractivity contribution in [2.45, 2.75) is 13.8 Å². The third-order valence-corrected chi connectivity index (χ3v) is 6.39. The topological polar surface area (TPSA) is 48.5 Å². The largest absolute Gasteiger partial charge is 0.293 e. The van der Waals surface area contributed by atoms with Crippen molar-refractivity contribution in [2.75, 3.05) is 0 Å². The molecule has 0 saturated carbocycles. The molecule has 3 aromatic heterocycles. The number of benzene rings is 3. The summed E-state index contributed by atoms with van der Waals surface area (Å²) in [4.78, 5) is 9.56. The van der Waals surface area contributed by atoms with Gasteiger partial charge in [-0.2, -0.15) is 5.10 Å². The van der Waals surface area contributed by atoms with Gasteiger partial charge in [0.05, 0.1) is 16.8 Å². The van der Waals surface area contributed by atoms with Gasteiger partial charge in [-0.3, -0.25) is 4.57 Å². The summed E-state index contributed by atoms with van der Waals surface area (Å²) < 4.78 is 4.10. The van der Waals surface area contributed by atoms with E-state index in [0.29, 0.717) is 5.02 Å². The molecule has 0 atom stereocenters. The summed E-state index contributed by atoms with van der Waals surface area (Å²) in [7, 11) is 0. The Labute approximate surface area is 208 Å². The first-order valence-electron chi connectivity index (χ1n) is 11.4. The molecule has 0 radical (unpaired) electrons. The maximum atomic E-state index is 6.25. The molecule has 0 aliphatic rings. The van der Waals surface area contributed by atoms with Crippen LogP contribution in [0.4, 0.5) is 0 Å². The summed E-state index contributed by atoms with van der Waals surface area (Å²) in [5.74, 6) is 0.754. The lowest BCUT2D eigenvalue weighted by Crippen LogP contribution is -2.04. The maximum absolute atomic E-state index is 6.25. The number of hydrogen-bond donors (Lipinski definition) is 0. The van der Waals surface area contributed by atoms with Gasteiger partial charge < -0.3 is 0 Å². The fourth-order valence-corrected chi connectivity index (χ4v) is 4.82. The Morgan fingerprint density at radius 2 is 1.40 bits per heavy atom. The van der Waals surface area contributed by atoms with E-state index in [4.69, 9.17) is 26.7 Å². The van der Waals surface area contributed by atoms with Gasteiger partial charge in [0.2, 0.25) is 0 Å². The van der Waals surface area contributed by atoms with E-state index in [1.807, 2.05) is 54.9 Å². The summed E-state index contributed by atoms with van der Waals surface area (Å²) >= 11 is 6.25. The van der Waals surface area contributed by atoms with Gasteiger partial charge in [-0.05, 0) is 55.3 Å². The van der Waals surface area contributed by atoms with E-state index in [9.17, 15) is 0 Å². The molecule has 0 spiro atoms. The summed E-state index contributed by atoms with van der Waals surface area (Å²) in [6, 6.07) is 30.7. The number of hydrogen-bond acceptors (Lipinski definition) is 3. The first-order valence-corrected chi connectivity index (χ1v) is 11.8. The molecule has 0 aliphatic carbocycles. The molecule has 3 aromatic carbocycles. The third-order valence-electron chi connectivity index (χ3n) is 6.13. The van der Waals surface area contributed by atoms with Gasteiger partial charge in [0.15, 0.2) is 11.5 Å². The van der Waals surface area contributed by atoms with Crippen LogP contribution in [0.3, 0.4) is 0 Å². The Kier molecular flexibility index (Phi) is 5.20. The fraction of sp³-hybridized carbons (Fsp3) is 0.0690. The number of aryl methyl sites for hydroxylation is 2. The molecule has 0 N–H and O–H groups in total. The van der Waals surface area contributed by atoms with E-state index >= 15 is 0 Å². The molecule has 0 aliphatic heterocycles. The zero-order valence-electron chi connectivity index (χ0n) is 19.4. The van der Waals surface area contributed by atoms with E-state index < -0.39 is 0 Å².